The summed E-state index contributed by atoms with van der Waals surface area (Å²) in [5, 5.41) is 5.65. The summed E-state index contributed by atoms with van der Waals surface area (Å²) in [6.07, 6.45) is -2.84. The number of anilines is 1. The summed E-state index contributed by atoms with van der Waals surface area (Å²) < 4.78 is 43.6. The van der Waals surface area contributed by atoms with Crippen molar-refractivity contribution in [3.63, 3.8) is 0 Å². The number of benzene rings is 1. The summed E-state index contributed by atoms with van der Waals surface area (Å²) in [7, 11) is 0. The fourth-order valence-electron chi connectivity index (χ4n) is 1.77. The van der Waals surface area contributed by atoms with Gasteiger partial charge >= 0.3 is 6.18 Å². The molecule has 1 amide bonds. The number of rotatable bonds is 4. The molecular formula is C13H11F3N2O2. The number of carbonyl (C=O) groups is 1. The van der Waals surface area contributed by atoms with Gasteiger partial charge in [-0.2, -0.15) is 13.2 Å². The first-order valence-electron chi connectivity index (χ1n) is 5.77. The summed E-state index contributed by atoms with van der Waals surface area (Å²) in [4.78, 5) is 11.7. The van der Waals surface area contributed by atoms with Crippen LogP contribution in [0.1, 0.15) is 17.9 Å². The number of nitrogens with zero attached hydrogens (tertiary/aromatic N) is 1. The van der Waals surface area contributed by atoms with Crippen molar-refractivity contribution in [2.45, 2.75) is 18.5 Å². The van der Waals surface area contributed by atoms with Crippen LogP contribution < -0.4 is 5.32 Å². The molecule has 20 heavy (non-hydrogen) atoms. The van der Waals surface area contributed by atoms with Crippen molar-refractivity contribution in [3.8, 4) is 0 Å². The van der Waals surface area contributed by atoms with Crippen LogP contribution in [0.5, 0.6) is 0 Å². The van der Waals surface area contributed by atoms with E-state index in [-0.39, 0.29) is 11.3 Å². The second kappa shape index (κ2) is 5.77. The minimum absolute atomic E-state index is 0.0560. The van der Waals surface area contributed by atoms with Gasteiger partial charge in [-0.1, -0.05) is 35.5 Å². The number of nitrogens with one attached hydrogen (secondary N) is 1. The Kier molecular flexibility index (Phi) is 4.07. The molecule has 0 saturated carbocycles. The van der Waals surface area contributed by atoms with Crippen LogP contribution in [-0.4, -0.2) is 17.2 Å². The standard InChI is InChI=1S/C13H11F3N2O2/c14-13(15,16)11(9-4-2-1-3-5-9)6-12(19)18-10-7-17-20-8-10/h1-5,7-8,11H,6H2,(H,18,19). The summed E-state index contributed by atoms with van der Waals surface area (Å²) in [6, 6.07) is 7.34. The molecule has 1 N–H and O–H groups in total. The third-order valence-corrected chi connectivity index (χ3v) is 2.70. The lowest BCUT2D eigenvalue weighted by molar-refractivity contribution is -0.155. The molecule has 0 radical (unpaired) electrons. The highest BCUT2D eigenvalue weighted by molar-refractivity contribution is 5.90. The number of carbonyl (C=O) groups excluding carboxylic acids is 1. The molecule has 0 spiro atoms. The average Bonchev–Trinajstić information content (AvgIpc) is 2.88. The van der Waals surface area contributed by atoms with E-state index in [1.54, 1.807) is 6.07 Å². The van der Waals surface area contributed by atoms with E-state index in [2.05, 4.69) is 15.0 Å². The smallest absolute Gasteiger partial charge is 0.363 e. The zero-order valence-electron chi connectivity index (χ0n) is 10.2. The molecule has 0 aliphatic heterocycles. The summed E-state index contributed by atoms with van der Waals surface area (Å²) in [6.45, 7) is 0. The lowest BCUT2D eigenvalue weighted by Gasteiger charge is -2.20. The Morgan fingerprint density at radius 1 is 1.30 bits per heavy atom. The van der Waals surface area contributed by atoms with E-state index in [4.69, 9.17) is 0 Å². The first-order valence-corrected chi connectivity index (χ1v) is 5.77. The van der Waals surface area contributed by atoms with Gasteiger partial charge in [0.1, 0.15) is 12.0 Å². The molecule has 1 aromatic heterocycles. The van der Waals surface area contributed by atoms with Gasteiger partial charge in [0.05, 0.1) is 12.1 Å². The van der Waals surface area contributed by atoms with Crippen molar-refractivity contribution in [3.05, 3.63) is 48.4 Å². The SMILES string of the molecule is O=C(CC(c1ccccc1)C(F)(F)F)Nc1cnoc1. The van der Waals surface area contributed by atoms with Gasteiger partial charge < -0.3 is 9.84 Å². The lowest BCUT2D eigenvalue weighted by atomic mass is 9.95. The Morgan fingerprint density at radius 3 is 2.55 bits per heavy atom. The molecule has 1 heterocycles. The van der Waals surface area contributed by atoms with Crippen molar-refractivity contribution < 1.29 is 22.5 Å². The monoisotopic (exact) mass is 284 g/mol. The predicted octanol–water partition coefficient (Wildman–Crippen LogP) is 3.35. The summed E-state index contributed by atoms with van der Waals surface area (Å²) in [5.74, 6) is -2.59. The molecule has 0 aliphatic rings. The van der Waals surface area contributed by atoms with Gasteiger partial charge in [-0.25, -0.2) is 0 Å². The van der Waals surface area contributed by atoms with Gasteiger partial charge in [0.2, 0.25) is 5.91 Å². The van der Waals surface area contributed by atoms with E-state index < -0.39 is 24.4 Å². The third kappa shape index (κ3) is 3.59. The Balaban J connectivity index is 2.11. The second-order valence-corrected chi connectivity index (χ2v) is 4.17. The Labute approximate surface area is 112 Å². The predicted molar refractivity (Wildman–Crippen MR) is 65.0 cm³/mol. The first-order chi connectivity index (χ1) is 9.47. The van der Waals surface area contributed by atoms with Crippen LogP contribution in [0.2, 0.25) is 0 Å². The van der Waals surface area contributed by atoms with E-state index in [9.17, 15) is 18.0 Å². The molecule has 1 atom stereocenters. The quantitative estimate of drug-likeness (QED) is 0.936. The minimum atomic E-state index is -4.49. The van der Waals surface area contributed by atoms with E-state index in [1.165, 1.54) is 30.5 Å². The normalized spacial score (nSPS) is 12.9. The maximum absolute atomic E-state index is 13.0. The summed E-state index contributed by atoms with van der Waals surface area (Å²) >= 11 is 0. The second-order valence-electron chi connectivity index (χ2n) is 4.17. The van der Waals surface area contributed by atoms with Gasteiger partial charge in [-0.15, -0.1) is 0 Å². The van der Waals surface area contributed by atoms with Gasteiger partial charge in [-0.05, 0) is 5.56 Å². The van der Waals surface area contributed by atoms with E-state index in [0.29, 0.717) is 0 Å². The van der Waals surface area contributed by atoms with E-state index in [0.717, 1.165) is 6.26 Å². The van der Waals surface area contributed by atoms with Crippen LogP contribution in [0.4, 0.5) is 18.9 Å². The van der Waals surface area contributed by atoms with Gasteiger partial charge in [0, 0.05) is 6.42 Å². The third-order valence-electron chi connectivity index (χ3n) is 2.70. The molecule has 2 aromatic rings. The number of halogens is 3. The van der Waals surface area contributed by atoms with Crippen LogP contribution >= 0.6 is 0 Å². The Morgan fingerprint density at radius 2 is 2.00 bits per heavy atom. The van der Waals surface area contributed by atoms with E-state index in [1.807, 2.05) is 0 Å². The molecule has 0 saturated heterocycles. The van der Waals surface area contributed by atoms with Crippen LogP contribution in [0.25, 0.3) is 0 Å². The first kappa shape index (κ1) is 14.1. The van der Waals surface area contributed by atoms with Crippen molar-refractivity contribution >= 4 is 11.6 Å². The van der Waals surface area contributed by atoms with Crippen LogP contribution in [-0.2, 0) is 4.79 Å². The van der Waals surface area contributed by atoms with Crippen molar-refractivity contribution in [2.75, 3.05) is 5.32 Å². The number of hydrogen-bond donors (Lipinski definition) is 1. The zero-order valence-corrected chi connectivity index (χ0v) is 10.2. The van der Waals surface area contributed by atoms with Crippen molar-refractivity contribution in [1.82, 2.24) is 5.16 Å². The Hall–Kier alpha value is -2.31. The van der Waals surface area contributed by atoms with Gasteiger partial charge in [0.15, 0.2) is 0 Å². The average molecular weight is 284 g/mol. The van der Waals surface area contributed by atoms with E-state index >= 15 is 0 Å². The highest BCUT2D eigenvalue weighted by atomic mass is 19.4. The molecule has 0 fully saturated rings. The molecule has 0 aliphatic carbocycles. The fourth-order valence-corrected chi connectivity index (χ4v) is 1.77. The largest absolute Gasteiger partial charge is 0.396 e. The number of hydrogen-bond acceptors (Lipinski definition) is 3. The molecule has 0 bridgehead atoms. The highest BCUT2D eigenvalue weighted by Crippen LogP contribution is 2.37. The number of aromatic nitrogens is 1. The molecule has 4 nitrogen and oxygen atoms in total. The maximum Gasteiger partial charge on any atom is 0.396 e. The lowest BCUT2D eigenvalue weighted by Crippen LogP contribution is -2.26. The van der Waals surface area contributed by atoms with Crippen molar-refractivity contribution in [2.24, 2.45) is 0 Å². The molecule has 1 aromatic carbocycles. The zero-order chi connectivity index (χ0) is 14.6. The van der Waals surface area contributed by atoms with Crippen LogP contribution in [0.15, 0.2) is 47.3 Å². The topological polar surface area (TPSA) is 55.1 Å². The molecule has 7 heteroatoms. The van der Waals surface area contributed by atoms with Gasteiger partial charge in [0.25, 0.3) is 0 Å². The molecular weight excluding hydrogens is 273 g/mol. The summed E-state index contributed by atoms with van der Waals surface area (Å²) in [5.41, 5.74) is 0.282. The van der Waals surface area contributed by atoms with Crippen LogP contribution in [0, 0.1) is 0 Å². The van der Waals surface area contributed by atoms with Gasteiger partial charge in [-0.3, -0.25) is 4.79 Å². The van der Waals surface area contributed by atoms with Crippen LogP contribution in [0.3, 0.4) is 0 Å². The molecule has 2 rings (SSSR count). The fraction of sp³-hybridized carbons (Fsp3) is 0.231. The number of alkyl halides is 3. The number of amides is 1. The Bertz CT molecular complexity index is 553. The molecule has 106 valence electrons. The molecule has 1 unspecified atom stereocenters. The highest BCUT2D eigenvalue weighted by Gasteiger charge is 2.41. The minimum Gasteiger partial charge on any atom is -0.363 e. The maximum atomic E-state index is 13.0. The van der Waals surface area contributed by atoms with Crippen molar-refractivity contribution in [1.29, 1.82) is 0 Å².